The van der Waals surface area contributed by atoms with E-state index in [9.17, 15) is 4.79 Å². The standard InChI is InChI=1S/C17H22N4O2/c1-13-15(19-8-7-18-13)6-5-14-12-23-11-10-21(14)17(22)16-4-3-9-20(16)2/h3-4,7-9,14H,5-6,10-12H2,1-2H3. The van der Waals surface area contributed by atoms with E-state index < -0.39 is 0 Å². The van der Waals surface area contributed by atoms with E-state index in [1.807, 2.05) is 41.8 Å². The maximum absolute atomic E-state index is 12.8. The van der Waals surface area contributed by atoms with Crippen LogP contribution in [0, 0.1) is 6.92 Å². The summed E-state index contributed by atoms with van der Waals surface area (Å²) in [6, 6.07) is 3.83. The first-order valence-corrected chi connectivity index (χ1v) is 7.93. The second kappa shape index (κ2) is 6.91. The van der Waals surface area contributed by atoms with Crippen molar-refractivity contribution in [2.75, 3.05) is 19.8 Å². The summed E-state index contributed by atoms with van der Waals surface area (Å²) in [7, 11) is 1.89. The third-order valence-corrected chi connectivity index (χ3v) is 4.35. The van der Waals surface area contributed by atoms with Crippen LogP contribution in [0.5, 0.6) is 0 Å². The molecular weight excluding hydrogens is 292 g/mol. The van der Waals surface area contributed by atoms with Gasteiger partial charge in [0, 0.05) is 32.2 Å². The van der Waals surface area contributed by atoms with E-state index in [2.05, 4.69) is 9.97 Å². The van der Waals surface area contributed by atoms with Crippen LogP contribution in [-0.2, 0) is 18.2 Å². The molecule has 0 N–H and O–H groups in total. The molecule has 1 saturated heterocycles. The average Bonchev–Trinajstić information content (AvgIpc) is 3.00. The fourth-order valence-electron chi connectivity index (χ4n) is 2.98. The number of ether oxygens (including phenoxy) is 1. The Kier molecular flexibility index (Phi) is 4.71. The molecule has 0 spiro atoms. The molecule has 0 aromatic carbocycles. The topological polar surface area (TPSA) is 60.3 Å². The summed E-state index contributed by atoms with van der Waals surface area (Å²) in [4.78, 5) is 23.4. The molecular formula is C17H22N4O2. The minimum atomic E-state index is 0.0710. The van der Waals surface area contributed by atoms with Gasteiger partial charge in [-0.2, -0.15) is 0 Å². The minimum Gasteiger partial charge on any atom is -0.377 e. The molecule has 6 heteroatoms. The Balaban J connectivity index is 1.70. The molecule has 1 atom stereocenters. The van der Waals surface area contributed by atoms with Crippen molar-refractivity contribution in [2.24, 2.45) is 7.05 Å². The maximum Gasteiger partial charge on any atom is 0.270 e. The van der Waals surface area contributed by atoms with Gasteiger partial charge in [0.05, 0.1) is 30.6 Å². The van der Waals surface area contributed by atoms with Crippen LogP contribution in [0.4, 0.5) is 0 Å². The van der Waals surface area contributed by atoms with Crippen LogP contribution in [0.2, 0.25) is 0 Å². The number of morpholine rings is 1. The third kappa shape index (κ3) is 3.42. The summed E-state index contributed by atoms with van der Waals surface area (Å²) in [5.41, 5.74) is 2.65. The Morgan fingerprint density at radius 2 is 2.22 bits per heavy atom. The molecule has 3 heterocycles. The van der Waals surface area contributed by atoms with Gasteiger partial charge in [0.1, 0.15) is 5.69 Å². The third-order valence-electron chi connectivity index (χ3n) is 4.35. The fraction of sp³-hybridized carbons (Fsp3) is 0.471. The highest BCUT2D eigenvalue weighted by molar-refractivity contribution is 5.93. The van der Waals surface area contributed by atoms with Crippen molar-refractivity contribution < 1.29 is 9.53 Å². The summed E-state index contributed by atoms with van der Waals surface area (Å²) in [6.07, 6.45) is 6.94. The fourth-order valence-corrected chi connectivity index (χ4v) is 2.98. The Hall–Kier alpha value is -2.21. The Labute approximate surface area is 136 Å². The largest absolute Gasteiger partial charge is 0.377 e. The van der Waals surface area contributed by atoms with Gasteiger partial charge in [0.2, 0.25) is 0 Å². The summed E-state index contributed by atoms with van der Waals surface area (Å²) in [5.74, 6) is 0.0710. The zero-order chi connectivity index (χ0) is 16.2. The van der Waals surface area contributed by atoms with Crippen molar-refractivity contribution >= 4 is 5.91 Å². The summed E-state index contributed by atoms with van der Waals surface area (Å²) in [5, 5.41) is 0. The van der Waals surface area contributed by atoms with Gasteiger partial charge in [-0.05, 0) is 31.9 Å². The summed E-state index contributed by atoms with van der Waals surface area (Å²) < 4.78 is 7.45. The van der Waals surface area contributed by atoms with E-state index in [0.717, 1.165) is 24.2 Å². The molecule has 122 valence electrons. The van der Waals surface area contributed by atoms with Crippen molar-refractivity contribution in [2.45, 2.75) is 25.8 Å². The maximum atomic E-state index is 12.8. The zero-order valence-corrected chi connectivity index (χ0v) is 13.6. The molecule has 23 heavy (non-hydrogen) atoms. The number of carbonyl (C=O) groups excluding carboxylic acids is 1. The predicted octanol–water partition coefficient (Wildman–Crippen LogP) is 1.60. The van der Waals surface area contributed by atoms with Crippen LogP contribution >= 0.6 is 0 Å². The highest BCUT2D eigenvalue weighted by Gasteiger charge is 2.29. The molecule has 0 saturated carbocycles. The monoisotopic (exact) mass is 314 g/mol. The number of aryl methyl sites for hydroxylation is 3. The molecule has 2 aromatic rings. The predicted molar refractivity (Wildman–Crippen MR) is 86.1 cm³/mol. The van der Waals surface area contributed by atoms with Crippen LogP contribution in [-0.4, -0.2) is 51.1 Å². The van der Waals surface area contributed by atoms with Gasteiger partial charge in [-0.15, -0.1) is 0 Å². The van der Waals surface area contributed by atoms with Crippen molar-refractivity contribution in [3.05, 3.63) is 47.8 Å². The van der Waals surface area contributed by atoms with Crippen LogP contribution < -0.4 is 0 Å². The SMILES string of the molecule is Cc1nccnc1CCC1COCCN1C(=O)c1cccn1C. The number of hydrogen-bond acceptors (Lipinski definition) is 4. The Morgan fingerprint density at radius 3 is 2.96 bits per heavy atom. The lowest BCUT2D eigenvalue weighted by Crippen LogP contribution is -2.49. The van der Waals surface area contributed by atoms with Crippen LogP contribution in [0.3, 0.4) is 0 Å². The summed E-state index contributed by atoms with van der Waals surface area (Å²) in [6.45, 7) is 3.77. The smallest absolute Gasteiger partial charge is 0.270 e. The molecule has 6 nitrogen and oxygen atoms in total. The van der Waals surface area contributed by atoms with E-state index in [0.29, 0.717) is 25.5 Å². The Bertz CT molecular complexity index is 683. The van der Waals surface area contributed by atoms with E-state index in [-0.39, 0.29) is 11.9 Å². The number of aromatic nitrogens is 3. The van der Waals surface area contributed by atoms with Crippen molar-refractivity contribution in [3.63, 3.8) is 0 Å². The molecule has 0 bridgehead atoms. The zero-order valence-electron chi connectivity index (χ0n) is 13.6. The number of carbonyl (C=O) groups is 1. The quantitative estimate of drug-likeness (QED) is 0.860. The normalized spacial score (nSPS) is 18.2. The molecule has 0 radical (unpaired) electrons. The van der Waals surface area contributed by atoms with Crippen molar-refractivity contribution in [1.29, 1.82) is 0 Å². The van der Waals surface area contributed by atoms with E-state index in [1.54, 1.807) is 12.4 Å². The minimum absolute atomic E-state index is 0.0710. The lowest BCUT2D eigenvalue weighted by Gasteiger charge is -2.35. The first-order chi connectivity index (χ1) is 11.2. The van der Waals surface area contributed by atoms with E-state index in [4.69, 9.17) is 4.74 Å². The number of rotatable bonds is 4. The second-order valence-corrected chi connectivity index (χ2v) is 5.86. The first-order valence-electron chi connectivity index (χ1n) is 7.93. The number of amides is 1. The molecule has 1 aliphatic heterocycles. The average molecular weight is 314 g/mol. The molecule has 0 aliphatic carbocycles. The molecule has 1 aliphatic rings. The molecule has 3 rings (SSSR count). The van der Waals surface area contributed by atoms with Gasteiger partial charge in [-0.25, -0.2) is 0 Å². The number of nitrogens with zero attached hydrogens (tertiary/aromatic N) is 4. The van der Waals surface area contributed by atoms with E-state index >= 15 is 0 Å². The molecule has 1 fully saturated rings. The number of hydrogen-bond donors (Lipinski definition) is 0. The van der Waals surface area contributed by atoms with Crippen molar-refractivity contribution in [3.8, 4) is 0 Å². The highest BCUT2D eigenvalue weighted by Crippen LogP contribution is 2.17. The van der Waals surface area contributed by atoms with E-state index in [1.165, 1.54) is 0 Å². The van der Waals surface area contributed by atoms with Gasteiger partial charge in [-0.3, -0.25) is 14.8 Å². The Morgan fingerprint density at radius 1 is 1.39 bits per heavy atom. The van der Waals surface area contributed by atoms with Crippen molar-refractivity contribution in [1.82, 2.24) is 19.4 Å². The summed E-state index contributed by atoms with van der Waals surface area (Å²) >= 11 is 0. The highest BCUT2D eigenvalue weighted by atomic mass is 16.5. The van der Waals surface area contributed by atoms with Gasteiger partial charge >= 0.3 is 0 Å². The first kappa shape index (κ1) is 15.7. The second-order valence-electron chi connectivity index (χ2n) is 5.86. The van der Waals surface area contributed by atoms with Gasteiger partial charge < -0.3 is 14.2 Å². The van der Waals surface area contributed by atoms with Crippen LogP contribution in [0.25, 0.3) is 0 Å². The molecule has 1 amide bonds. The molecule has 1 unspecified atom stereocenters. The van der Waals surface area contributed by atoms with Gasteiger partial charge in [-0.1, -0.05) is 0 Å². The van der Waals surface area contributed by atoms with Gasteiger partial charge in [0.25, 0.3) is 5.91 Å². The van der Waals surface area contributed by atoms with Crippen LogP contribution in [0.15, 0.2) is 30.7 Å². The lowest BCUT2D eigenvalue weighted by atomic mass is 10.1. The van der Waals surface area contributed by atoms with Gasteiger partial charge in [0.15, 0.2) is 0 Å². The van der Waals surface area contributed by atoms with Crippen LogP contribution in [0.1, 0.15) is 28.3 Å². The lowest BCUT2D eigenvalue weighted by molar-refractivity contribution is -0.00462. The molecule has 2 aromatic heterocycles.